The number of aliphatic hydroxyl groups excluding tert-OH is 1. The van der Waals surface area contributed by atoms with Gasteiger partial charge in [0.2, 0.25) is 5.91 Å². The zero-order valence-electron chi connectivity index (χ0n) is 9.69. The number of amides is 1. The first-order chi connectivity index (χ1) is 7.18. The Bertz CT molecular complexity index is 236. The van der Waals surface area contributed by atoms with Gasteiger partial charge in [0, 0.05) is 13.1 Å². The van der Waals surface area contributed by atoms with Crippen LogP contribution in [0, 0.1) is 5.92 Å². The summed E-state index contributed by atoms with van der Waals surface area (Å²) >= 11 is 0. The van der Waals surface area contributed by atoms with Crippen molar-refractivity contribution in [3.63, 3.8) is 0 Å². The van der Waals surface area contributed by atoms with Crippen LogP contribution < -0.4 is 5.32 Å². The van der Waals surface area contributed by atoms with Gasteiger partial charge in [-0.25, -0.2) is 0 Å². The van der Waals surface area contributed by atoms with Crippen LogP contribution in [0.5, 0.6) is 0 Å². The summed E-state index contributed by atoms with van der Waals surface area (Å²) in [5.41, 5.74) is 0. The van der Waals surface area contributed by atoms with Crippen LogP contribution >= 0.6 is 12.4 Å². The third kappa shape index (κ3) is 2.87. The number of halogens is 1. The van der Waals surface area contributed by atoms with Gasteiger partial charge in [-0.2, -0.15) is 0 Å². The van der Waals surface area contributed by atoms with E-state index in [2.05, 4.69) is 5.32 Å². The van der Waals surface area contributed by atoms with Crippen molar-refractivity contribution in [2.45, 2.75) is 38.3 Å². The second kappa shape index (κ2) is 5.84. The van der Waals surface area contributed by atoms with Crippen LogP contribution in [0.15, 0.2) is 0 Å². The fraction of sp³-hybridized carbons (Fsp3) is 0.909. The van der Waals surface area contributed by atoms with Crippen LogP contribution in [0.4, 0.5) is 0 Å². The van der Waals surface area contributed by atoms with Gasteiger partial charge < -0.3 is 15.3 Å². The molecule has 4 nitrogen and oxygen atoms in total. The number of hydrogen-bond acceptors (Lipinski definition) is 3. The van der Waals surface area contributed by atoms with Crippen molar-refractivity contribution in [1.29, 1.82) is 0 Å². The molecule has 1 amide bonds. The molecule has 2 aliphatic heterocycles. The molecule has 2 aliphatic rings. The van der Waals surface area contributed by atoms with Gasteiger partial charge in [-0.3, -0.25) is 4.79 Å². The second-order valence-electron chi connectivity index (χ2n) is 4.70. The van der Waals surface area contributed by atoms with Crippen LogP contribution in [0.25, 0.3) is 0 Å². The predicted octanol–water partition coefficient (Wildman–Crippen LogP) is 0.389. The lowest BCUT2D eigenvalue weighted by Gasteiger charge is -2.37. The molecule has 94 valence electrons. The van der Waals surface area contributed by atoms with Crippen molar-refractivity contribution in [1.82, 2.24) is 10.2 Å². The van der Waals surface area contributed by atoms with Crippen LogP contribution in [-0.4, -0.2) is 47.7 Å². The molecule has 0 aromatic rings. The maximum atomic E-state index is 11.9. The van der Waals surface area contributed by atoms with E-state index >= 15 is 0 Å². The number of piperidine rings is 1. The van der Waals surface area contributed by atoms with Crippen molar-refractivity contribution >= 4 is 18.3 Å². The summed E-state index contributed by atoms with van der Waals surface area (Å²) in [6.45, 7) is 4.44. The Labute approximate surface area is 103 Å². The minimum atomic E-state index is -0.232. The van der Waals surface area contributed by atoms with E-state index in [1.165, 1.54) is 0 Å². The van der Waals surface area contributed by atoms with E-state index in [1.54, 1.807) is 0 Å². The largest absolute Gasteiger partial charge is 0.393 e. The Kier molecular flexibility index (Phi) is 5.02. The Balaban J connectivity index is 0.00000128. The zero-order chi connectivity index (χ0) is 10.8. The summed E-state index contributed by atoms with van der Waals surface area (Å²) < 4.78 is 0. The Morgan fingerprint density at radius 3 is 2.31 bits per heavy atom. The normalized spacial score (nSPS) is 27.9. The molecule has 0 aromatic heterocycles. The zero-order valence-corrected chi connectivity index (χ0v) is 10.5. The second-order valence-corrected chi connectivity index (χ2v) is 4.70. The van der Waals surface area contributed by atoms with Gasteiger partial charge in [-0.05, 0) is 38.6 Å². The third-order valence-electron chi connectivity index (χ3n) is 3.66. The molecular weight excluding hydrogens is 228 g/mol. The molecule has 16 heavy (non-hydrogen) atoms. The SMILES string of the molecule is CC(O)C1CCN(C(=O)[C@H]2CCN2)CC1.Cl. The molecule has 2 saturated heterocycles. The molecule has 0 spiro atoms. The minimum Gasteiger partial charge on any atom is -0.393 e. The van der Waals surface area contributed by atoms with Crippen LogP contribution in [0.1, 0.15) is 26.2 Å². The lowest BCUT2D eigenvalue weighted by atomic mass is 9.91. The summed E-state index contributed by atoms with van der Waals surface area (Å²) in [6.07, 6.45) is 2.63. The van der Waals surface area contributed by atoms with E-state index in [1.807, 2.05) is 11.8 Å². The number of carbonyl (C=O) groups is 1. The van der Waals surface area contributed by atoms with Crippen molar-refractivity contribution in [2.75, 3.05) is 19.6 Å². The maximum absolute atomic E-state index is 11.9. The smallest absolute Gasteiger partial charge is 0.239 e. The molecule has 1 unspecified atom stereocenters. The van der Waals surface area contributed by atoms with E-state index in [4.69, 9.17) is 0 Å². The summed E-state index contributed by atoms with van der Waals surface area (Å²) in [4.78, 5) is 13.8. The first-order valence-corrected chi connectivity index (χ1v) is 5.88. The minimum absolute atomic E-state index is 0. The van der Waals surface area contributed by atoms with Crippen molar-refractivity contribution in [2.24, 2.45) is 5.92 Å². The van der Waals surface area contributed by atoms with Gasteiger partial charge in [0.1, 0.15) is 0 Å². The van der Waals surface area contributed by atoms with E-state index < -0.39 is 0 Å². The average Bonchev–Trinajstić information content (AvgIpc) is 2.15. The van der Waals surface area contributed by atoms with E-state index in [-0.39, 0.29) is 30.5 Å². The summed E-state index contributed by atoms with van der Waals surface area (Å²) in [7, 11) is 0. The summed E-state index contributed by atoms with van der Waals surface area (Å²) in [5.74, 6) is 0.633. The molecule has 2 heterocycles. The predicted molar refractivity (Wildman–Crippen MR) is 64.6 cm³/mol. The van der Waals surface area contributed by atoms with Crippen molar-refractivity contribution < 1.29 is 9.90 Å². The Hall–Kier alpha value is -0.320. The fourth-order valence-corrected chi connectivity index (χ4v) is 2.32. The Morgan fingerprint density at radius 1 is 1.38 bits per heavy atom. The van der Waals surface area contributed by atoms with E-state index in [0.29, 0.717) is 5.92 Å². The Morgan fingerprint density at radius 2 is 1.94 bits per heavy atom. The molecule has 0 bridgehead atoms. The van der Waals surface area contributed by atoms with Gasteiger partial charge in [0.25, 0.3) is 0 Å². The summed E-state index contributed by atoms with van der Waals surface area (Å²) in [6, 6.07) is 0.0769. The topological polar surface area (TPSA) is 52.6 Å². The number of rotatable bonds is 2. The van der Waals surface area contributed by atoms with Gasteiger partial charge in [-0.15, -0.1) is 12.4 Å². The molecule has 2 atom stereocenters. The molecular formula is C11H21ClN2O2. The van der Waals surface area contributed by atoms with Crippen molar-refractivity contribution in [3.8, 4) is 0 Å². The fourth-order valence-electron chi connectivity index (χ4n) is 2.32. The first-order valence-electron chi connectivity index (χ1n) is 5.88. The highest BCUT2D eigenvalue weighted by Gasteiger charge is 2.32. The lowest BCUT2D eigenvalue weighted by Crippen LogP contribution is -2.56. The molecule has 2 fully saturated rings. The highest BCUT2D eigenvalue weighted by molar-refractivity contribution is 5.85. The van der Waals surface area contributed by atoms with Crippen LogP contribution in [0.3, 0.4) is 0 Å². The highest BCUT2D eigenvalue weighted by Crippen LogP contribution is 2.21. The third-order valence-corrected chi connectivity index (χ3v) is 3.66. The number of carbonyl (C=O) groups excluding carboxylic acids is 1. The number of nitrogens with zero attached hydrogens (tertiary/aromatic N) is 1. The molecule has 0 aromatic carbocycles. The summed E-state index contributed by atoms with van der Waals surface area (Å²) in [5, 5.41) is 12.6. The quantitative estimate of drug-likeness (QED) is 0.744. The maximum Gasteiger partial charge on any atom is 0.239 e. The van der Waals surface area contributed by atoms with Crippen molar-refractivity contribution in [3.05, 3.63) is 0 Å². The molecule has 0 radical (unpaired) electrons. The van der Waals surface area contributed by atoms with Gasteiger partial charge >= 0.3 is 0 Å². The molecule has 5 heteroatoms. The highest BCUT2D eigenvalue weighted by atomic mass is 35.5. The number of hydrogen-bond donors (Lipinski definition) is 2. The molecule has 0 aliphatic carbocycles. The first kappa shape index (κ1) is 13.7. The average molecular weight is 249 g/mol. The molecule has 0 saturated carbocycles. The standard InChI is InChI=1S/C11H20N2O2.ClH/c1-8(14)9-3-6-13(7-4-9)11(15)10-2-5-12-10;/h8-10,12,14H,2-7H2,1H3;1H/t8?,10-;/m1./s1. The number of likely N-dealkylation sites (tertiary alicyclic amines) is 1. The number of nitrogens with one attached hydrogen (secondary N) is 1. The lowest BCUT2D eigenvalue weighted by molar-refractivity contribution is -0.137. The number of aliphatic hydroxyl groups is 1. The monoisotopic (exact) mass is 248 g/mol. The van der Waals surface area contributed by atoms with E-state index in [9.17, 15) is 9.90 Å². The van der Waals surface area contributed by atoms with Gasteiger partial charge in [0.15, 0.2) is 0 Å². The van der Waals surface area contributed by atoms with Crippen LogP contribution in [0.2, 0.25) is 0 Å². The van der Waals surface area contributed by atoms with E-state index in [0.717, 1.165) is 38.9 Å². The van der Waals surface area contributed by atoms with Gasteiger partial charge in [0.05, 0.1) is 12.1 Å². The molecule has 2 N–H and O–H groups in total. The van der Waals surface area contributed by atoms with Gasteiger partial charge in [-0.1, -0.05) is 0 Å². The molecule has 2 rings (SSSR count). The van der Waals surface area contributed by atoms with Crippen LogP contribution in [-0.2, 0) is 4.79 Å².